The fourth-order valence-corrected chi connectivity index (χ4v) is 0.972. The Kier molecular flexibility index (Phi) is 2.04. The van der Waals surface area contributed by atoms with Gasteiger partial charge in [0.1, 0.15) is 0 Å². The number of pyridine rings is 1. The molecule has 0 aliphatic rings. The molecule has 0 aromatic carbocycles. The number of halogens is 2. The van der Waals surface area contributed by atoms with Crippen molar-refractivity contribution in [2.75, 3.05) is 0 Å². The van der Waals surface area contributed by atoms with Crippen molar-refractivity contribution >= 4 is 15.9 Å². The van der Waals surface area contributed by atoms with Gasteiger partial charge in [-0.25, -0.2) is 4.98 Å². The van der Waals surface area contributed by atoms with Crippen molar-refractivity contribution in [1.82, 2.24) is 4.98 Å². The van der Waals surface area contributed by atoms with Crippen LogP contribution in [0.25, 0.3) is 0 Å². The highest BCUT2D eigenvalue weighted by Crippen LogP contribution is 2.18. The van der Waals surface area contributed by atoms with Gasteiger partial charge in [0.05, 0.1) is 5.69 Å². The fourth-order valence-electron chi connectivity index (χ4n) is 0.769. The largest absolute Gasteiger partial charge is 0.224 e. The molecular weight excluding hydrogens is 197 g/mol. The quantitative estimate of drug-likeness (QED) is 0.592. The van der Waals surface area contributed by atoms with Gasteiger partial charge < -0.3 is 0 Å². The molecule has 1 aromatic heterocycles. The van der Waals surface area contributed by atoms with Crippen LogP contribution in [-0.2, 0) is 0 Å². The maximum Gasteiger partial charge on any atom is 0.213 e. The first kappa shape index (κ1) is 7.66. The van der Waals surface area contributed by atoms with E-state index in [1.54, 1.807) is 6.92 Å². The van der Waals surface area contributed by atoms with Gasteiger partial charge in [-0.1, -0.05) is 0 Å². The van der Waals surface area contributed by atoms with E-state index in [0.29, 0.717) is 5.69 Å². The van der Waals surface area contributed by atoms with Crippen LogP contribution in [0, 0.1) is 19.8 Å². The van der Waals surface area contributed by atoms with Gasteiger partial charge in [0, 0.05) is 4.47 Å². The van der Waals surface area contributed by atoms with Gasteiger partial charge in [0.2, 0.25) is 5.95 Å². The summed E-state index contributed by atoms with van der Waals surface area (Å²) in [6.45, 7) is 3.60. The van der Waals surface area contributed by atoms with Crippen molar-refractivity contribution < 1.29 is 4.39 Å². The molecule has 1 nitrogen and oxygen atoms in total. The van der Waals surface area contributed by atoms with Gasteiger partial charge in [-0.15, -0.1) is 0 Å². The maximum absolute atomic E-state index is 12.5. The topological polar surface area (TPSA) is 12.9 Å². The van der Waals surface area contributed by atoms with Gasteiger partial charge in [0.25, 0.3) is 0 Å². The summed E-state index contributed by atoms with van der Waals surface area (Å²) in [5.74, 6) is -0.418. The number of rotatable bonds is 0. The number of hydrogen-bond donors (Lipinski definition) is 0. The monoisotopic (exact) mass is 203 g/mol. The van der Waals surface area contributed by atoms with Gasteiger partial charge in [-0.2, -0.15) is 4.39 Å². The summed E-state index contributed by atoms with van der Waals surface area (Å²) in [4.78, 5) is 3.62. The molecule has 0 saturated carbocycles. The first-order valence-corrected chi connectivity index (χ1v) is 3.70. The number of nitrogens with zero attached hydrogens (tertiary/aromatic N) is 1. The second-order valence-electron chi connectivity index (χ2n) is 2.16. The molecule has 0 aliphatic carbocycles. The first-order chi connectivity index (χ1) is 4.61. The highest BCUT2D eigenvalue weighted by molar-refractivity contribution is 9.10. The van der Waals surface area contributed by atoms with Crippen molar-refractivity contribution in [3.63, 3.8) is 0 Å². The molecule has 0 spiro atoms. The molecule has 1 heterocycles. The second kappa shape index (κ2) is 2.66. The lowest BCUT2D eigenvalue weighted by Gasteiger charge is -1.99. The number of aryl methyl sites for hydroxylation is 2. The zero-order valence-corrected chi connectivity index (χ0v) is 7.37. The third kappa shape index (κ3) is 1.34. The Bertz CT molecular complexity index is 237. The summed E-state index contributed by atoms with van der Waals surface area (Å²) in [5, 5.41) is 0. The molecule has 0 N–H and O–H groups in total. The number of hydrogen-bond acceptors (Lipinski definition) is 1. The Morgan fingerprint density at radius 1 is 1.50 bits per heavy atom. The Morgan fingerprint density at radius 2 is 2.10 bits per heavy atom. The Labute approximate surface area is 67.4 Å². The molecule has 54 valence electrons. The minimum atomic E-state index is -0.418. The molecule has 0 radical (unpaired) electrons. The lowest BCUT2D eigenvalue weighted by Crippen LogP contribution is -1.90. The molecule has 0 atom stereocenters. The smallest absolute Gasteiger partial charge is 0.213 e. The molecular formula is C7H7BrFN. The van der Waals surface area contributed by atoms with Crippen molar-refractivity contribution in [3.8, 4) is 0 Å². The Balaban J connectivity index is 3.31. The predicted octanol–water partition coefficient (Wildman–Crippen LogP) is 2.60. The van der Waals surface area contributed by atoms with Crippen LogP contribution in [0.1, 0.15) is 11.3 Å². The fraction of sp³-hybridized carbons (Fsp3) is 0.286. The summed E-state index contributed by atoms with van der Waals surface area (Å²) in [5.41, 5.74) is 1.57. The molecule has 1 rings (SSSR count). The average molecular weight is 204 g/mol. The summed E-state index contributed by atoms with van der Waals surface area (Å²) in [6.07, 6.45) is 0. The van der Waals surface area contributed by atoms with Gasteiger partial charge in [-0.3, -0.25) is 0 Å². The normalized spacial score (nSPS) is 10.0. The predicted molar refractivity (Wildman–Crippen MR) is 41.4 cm³/mol. The maximum atomic E-state index is 12.5. The van der Waals surface area contributed by atoms with Crippen molar-refractivity contribution in [2.24, 2.45) is 0 Å². The van der Waals surface area contributed by atoms with Crippen molar-refractivity contribution in [2.45, 2.75) is 13.8 Å². The minimum Gasteiger partial charge on any atom is -0.224 e. The van der Waals surface area contributed by atoms with E-state index < -0.39 is 5.95 Å². The second-order valence-corrected chi connectivity index (χ2v) is 2.95. The lowest BCUT2D eigenvalue weighted by molar-refractivity contribution is 0.578. The van der Waals surface area contributed by atoms with E-state index in [9.17, 15) is 4.39 Å². The van der Waals surface area contributed by atoms with Crippen LogP contribution in [0.5, 0.6) is 0 Å². The molecule has 0 aliphatic heterocycles. The summed E-state index contributed by atoms with van der Waals surface area (Å²) < 4.78 is 13.4. The Morgan fingerprint density at radius 3 is 2.60 bits per heavy atom. The van der Waals surface area contributed by atoms with Gasteiger partial charge >= 0.3 is 0 Å². The summed E-state index contributed by atoms with van der Waals surface area (Å²) in [6, 6.07) is 1.40. The van der Waals surface area contributed by atoms with E-state index in [-0.39, 0.29) is 0 Å². The molecule has 0 amide bonds. The highest BCUT2D eigenvalue weighted by Gasteiger charge is 2.01. The van der Waals surface area contributed by atoms with E-state index in [1.165, 1.54) is 6.07 Å². The highest BCUT2D eigenvalue weighted by atomic mass is 79.9. The molecule has 10 heavy (non-hydrogen) atoms. The van der Waals surface area contributed by atoms with Crippen LogP contribution in [0.15, 0.2) is 10.5 Å². The minimum absolute atomic E-state index is 0.418. The standard InChI is InChI=1S/C7H7BrFN/c1-4-3-6(9)10-5(2)7(4)8/h3H,1-2H3. The number of aromatic nitrogens is 1. The van der Waals surface area contributed by atoms with Crippen molar-refractivity contribution in [1.29, 1.82) is 0 Å². The molecule has 1 aromatic rings. The molecule has 0 unspecified atom stereocenters. The average Bonchev–Trinajstić information content (AvgIpc) is 1.82. The molecule has 0 saturated heterocycles. The SMILES string of the molecule is Cc1cc(F)nc(C)c1Br. The molecule has 3 heteroatoms. The van der Waals surface area contributed by atoms with Crippen LogP contribution in [0.2, 0.25) is 0 Å². The Hall–Kier alpha value is -0.440. The van der Waals surface area contributed by atoms with E-state index in [4.69, 9.17) is 0 Å². The van der Waals surface area contributed by atoms with Crippen LogP contribution >= 0.6 is 15.9 Å². The third-order valence-corrected chi connectivity index (χ3v) is 2.47. The third-order valence-electron chi connectivity index (χ3n) is 1.27. The van der Waals surface area contributed by atoms with E-state index in [1.807, 2.05) is 6.92 Å². The van der Waals surface area contributed by atoms with E-state index in [0.717, 1.165) is 10.0 Å². The lowest BCUT2D eigenvalue weighted by atomic mass is 10.2. The molecule has 0 bridgehead atoms. The van der Waals surface area contributed by atoms with Crippen molar-refractivity contribution in [3.05, 3.63) is 27.7 Å². The zero-order chi connectivity index (χ0) is 7.72. The first-order valence-electron chi connectivity index (χ1n) is 2.90. The van der Waals surface area contributed by atoms with Crippen LogP contribution in [0.3, 0.4) is 0 Å². The van der Waals surface area contributed by atoms with Gasteiger partial charge in [-0.05, 0) is 41.4 Å². The summed E-state index contributed by atoms with van der Waals surface area (Å²) >= 11 is 3.28. The summed E-state index contributed by atoms with van der Waals surface area (Å²) in [7, 11) is 0. The van der Waals surface area contributed by atoms with E-state index >= 15 is 0 Å². The van der Waals surface area contributed by atoms with Crippen LogP contribution < -0.4 is 0 Å². The van der Waals surface area contributed by atoms with E-state index in [2.05, 4.69) is 20.9 Å². The molecule has 0 fully saturated rings. The van der Waals surface area contributed by atoms with Gasteiger partial charge in [0.15, 0.2) is 0 Å². The van der Waals surface area contributed by atoms with Crippen LogP contribution in [0.4, 0.5) is 4.39 Å². The zero-order valence-electron chi connectivity index (χ0n) is 5.78. The van der Waals surface area contributed by atoms with Crippen LogP contribution in [-0.4, -0.2) is 4.98 Å².